The van der Waals surface area contributed by atoms with Gasteiger partial charge in [-0.05, 0) is 131 Å². The van der Waals surface area contributed by atoms with Crippen molar-refractivity contribution < 1.29 is 19.4 Å². The molecule has 0 atom stereocenters. The Labute approximate surface area is 362 Å². The number of nitrogens with zero attached hydrogens (tertiary/aromatic N) is 3. The lowest BCUT2D eigenvalue weighted by atomic mass is 10.00. The summed E-state index contributed by atoms with van der Waals surface area (Å²) in [6.45, 7) is 0.441. The van der Waals surface area contributed by atoms with E-state index in [1.165, 1.54) is 11.1 Å². The number of carbonyl (C=O) groups excluding carboxylic acids is 1. The van der Waals surface area contributed by atoms with Crippen molar-refractivity contribution in [2.24, 2.45) is 0 Å². The lowest BCUT2D eigenvalue weighted by Gasteiger charge is -2.26. The molecule has 0 aliphatic heterocycles. The maximum atomic E-state index is 11.7. The van der Waals surface area contributed by atoms with Crippen molar-refractivity contribution >= 4 is 73.1 Å². The summed E-state index contributed by atoms with van der Waals surface area (Å²) in [5.74, 6) is -0.469. The lowest BCUT2D eigenvalue weighted by Crippen LogP contribution is -2.10. The van der Waals surface area contributed by atoms with Gasteiger partial charge in [-0.15, -0.1) is 0 Å². The SMILES string of the molecule is O=COc1ccc(-n2c3ccccc3c3cc(N(c4ccc(-c5ccc(-c6ccccc6)cc5)cc4)c4ccc5c(c4)c4ccccc4n5-c4ccc(C(=O)O)cc4)ccc32)cc1. The standard InChI is InChI=1S/C56H37N3O4/c60-36-63-47-30-26-44(27-31-47)59-53-13-7-5-11-49(53)51-35-46(29-33-55(51)59)57(42-22-18-40(19-23-42)39-16-14-38(15-17-39)37-8-2-1-3-9-37)45-28-32-54-50(34-45)48-10-4-6-12-52(48)58(54)43-24-20-41(21-25-43)56(61)62/h1-36H,(H,61,62). The van der Waals surface area contributed by atoms with Crippen LogP contribution in [0.1, 0.15) is 10.4 Å². The average molecular weight is 816 g/mol. The first kappa shape index (κ1) is 37.3. The van der Waals surface area contributed by atoms with Crippen LogP contribution in [0, 0.1) is 0 Å². The van der Waals surface area contributed by atoms with Crippen LogP contribution >= 0.6 is 0 Å². The van der Waals surface area contributed by atoms with E-state index in [-0.39, 0.29) is 5.56 Å². The predicted octanol–water partition coefficient (Wildman–Crippen LogP) is 13.9. The first-order valence-corrected chi connectivity index (χ1v) is 20.7. The molecule has 300 valence electrons. The third kappa shape index (κ3) is 6.56. The van der Waals surface area contributed by atoms with Gasteiger partial charge >= 0.3 is 5.97 Å². The zero-order valence-electron chi connectivity index (χ0n) is 33.8. The number of ether oxygens (including phenoxy) is 1. The summed E-state index contributed by atoms with van der Waals surface area (Å²) in [6.07, 6.45) is 0. The average Bonchev–Trinajstić information content (AvgIpc) is 3.85. The van der Waals surface area contributed by atoms with Crippen molar-refractivity contribution in [3.63, 3.8) is 0 Å². The minimum absolute atomic E-state index is 0.245. The number of para-hydroxylation sites is 2. The number of carboxylic acids is 1. The van der Waals surface area contributed by atoms with Gasteiger partial charge in [0.2, 0.25) is 0 Å². The normalized spacial score (nSPS) is 11.4. The number of carbonyl (C=O) groups is 2. The molecule has 11 aromatic rings. The maximum absolute atomic E-state index is 11.7. The van der Waals surface area contributed by atoms with Gasteiger partial charge in [-0.3, -0.25) is 4.79 Å². The zero-order chi connectivity index (χ0) is 42.4. The topological polar surface area (TPSA) is 76.7 Å². The van der Waals surface area contributed by atoms with Crippen molar-refractivity contribution in [3.05, 3.63) is 218 Å². The van der Waals surface area contributed by atoms with Gasteiger partial charge in [0.1, 0.15) is 5.75 Å². The highest BCUT2D eigenvalue weighted by atomic mass is 16.5. The van der Waals surface area contributed by atoms with E-state index < -0.39 is 5.97 Å². The van der Waals surface area contributed by atoms with Gasteiger partial charge < -0.3 is 23.9 Å². The molecule has 0 radical (unpaired) electrons. The number of aromatic carboxylic acids is 1. The highest BCUT2D eigenvalue weighted by molar-refractivity contribution is 6.12. The van der Waals surface area contributed by atoms with E-state index in [4.69, 9.17) is 4.74 Å². The number of anilines is 3. The Balaban J connectivity index is 1.07. The Morgan fingerprint density at radius 2 is 0.841 bits per heavy atom. The first-order valence-electron chi connectivity index (χ1n) is 20.7. The molecule has 0 amide bonds. The number of fused-ring (bicyclic) bond motifs is 6. The Morgan fingerprint density at radius 1 is 0.429 bits per heavy atom. The van der Waals surface area contributed by atoms with E-state index in [0.717, 1.165) is 83.2 Å². The fraction of sp³-hybridized carbons (Fsp3) is 0. The summed E-state index contributed by atoms with van der Waals surface area (Å²) in [7, 11) is 0. The van der Waals surface area contributed by atoms with Crippen LogP contribution in [-0.4, -0.2) is 26.7 Å². The van der Waals surface area contributed by atoms with E-state index >= 15 is 0 Å². The summed E-state index contributed by atoms with van der Waals surface area (Å²) < 4.78 is 9.54. The Kier molecular flexibility index (Phi) is 9.13. The quantitative estimate of drug-likeness (QED) is 0.139. The summed E-state index contributed by atoms with van der Waals surface area (Å²) in [4.78, 5) is 25.1. The van der Waals surface area contributed by atoms with Crippen molar-refractivity contribution in [2.75, 3.05) is 4.90 Å². The van der Waals surface area contributed by atoms with Crippen LogP contribution < -0.4 is 9.64 Å². The summed E-state index contributed by atoms with van der Waals surface area (Å²) >= 11 is 0. The molecule has 11 rings (SSSR count). The third-order valence-corrected chi connectivity index (χ3v) is 11.9. The molecular weight excluding hydrogens is 779 g/mol. The van der Waals surface area contributed by atoms with Gasteiger partial charge in [0.25, 0.3) is 6.47 Å². The van der Waals surface area contributed by atoms with E-state index in [1.54, 1.807) is 24.3 Å². The zero-order valence-corrected chi connectivity index (χ0v) is 33.8. The van der Waals surface area contributed by atoms with Crippen LogP contribution in [0.15, 0.2) is 212 Å². The molecule has 0 aliphatic carbocycles. The predicted molar refractivity (Wildman–Crippen MR) is 254 cm³/mol. The highest BCUT2D eigenvalue weighted by Gasteiger charge is 2.20. The largest absolute Gasteiger partial charge is 0.478 e. The molecule has 7 nitrogen and oxygen atoms in total. The van der Waals surface area contributed by atoms with Crippen LogP contribution in [0.2, 0.25) is 0 Å². The first-order chi connectivity index (χ1) is 31.0. The highest BCUT2D eigenvalue weighted by Crippen LogP contribution is 2.43. The van der Waals surface area contributed by atoms with Crippen molar-refractivity contribution in [2.45, 2.75) is 0 Å². The molecule has 0 saturated heterocycles. The molecule has 0 spiro atoms. The fourth-order valence-electron chi connectivity index (χ4n) is 8.97. The second-order valence-corrected chi connectivity index (χ2v) is 15.5. The monoisotopic (exact) mass is 815 g/mol. The minimum atomic E-state index is -0.954. The molecule has 2 aromatic heterocycles. The van der Waals surface area contributed by atoms with Crippen LogP contribution in [0.25, 0.3) is 77.2 Å². The number of carboxylic acid groups (broad SMARTS) is 1. The van der Waals surface area contributed by atoms with Crippen LogP contribution in [0.4, 0.5) is 17.1 Å². The van der Waals surface area contributed by atoms with Gasteiger partial charge in [0.15, 0.2) is 0 Å². The second-order valence-electron chi connectivity index (χ2n) is 15.5. The molecule has 0 unspecified atom stereocenters. The molecule has 0 aliphatic rings. The number of rotatable bonds is 10. The van der Waals surface area contributed by atoms with Gasteiger partial charge in [0.05, 0.1) is 27.6 Å². The number of hydrogen-bond acceptors (Lipinski definition) is 4. The van der Waals surface area contributed by atoms with Crippen molar-refractivity contribution in [3.8, 4) is 39.4 Å². The second kappa shape index (κ2) is 15.4. The lowest BCUT2D eigenvalue weighted by molar-refractivity contribution is -0.120. The molecule has 2 heterocycles. The maximum Gasteiger partial charge on any atom is 0.335 e. The van der Waals surface area contributed by atoms with Gasteiger partial charge in [-0.2, -0.15) is 0 Å². The van der Waals surface area contributed by atoms with Gasteiger partial charge in [0, 0.05) is 50.0 Å². The molecule has 9 aromatic carbocycles. The minimum Gasteiger partial charge on any atom is -0.478 e. The van der Waals surface area contributed by atoms with Gasteiger partial charge in [-0.1, -0.05) is 103 Å². The third-order valence-electron chi connectivity index (χ3n) is 11.9. The summed E-state index contributed by atoms with van der Waals surface area (Å²) in [5.41, 5.74) is 13.8. The molecule has 63 heavy (non-hydrogen) atoms. The molecular formula is C56H37N3O4. The molecule has 0 bridgehead atoms. The summed E-state index contributed by atoms with van der Waals surface area (Å²) in [6, 6.07) is 72.4. The Morgan fingerprint density at radius 3 is 1.33 bits per heavy atom. The number of aromatic nitrogens is 2. The van der Waals surface area contributed by atoms with Gasteiger partial charge in [-0.25, -0.2) is 4.79 Å². The van der Waals surface area contributed by atoms with Crippen LogP contribution in [0.3, 0.4) is 0 Å². The van der Waals surface area contributed by atoms with Crippen molar-refractivity contribution in [1.29, 1.82) is 0 Å². The van der Waals surface area contributed by atoms with E-state index in [2.05, 4.69) is 166 Å². The molecule has 0 saturated carbocycles. The smallest absolute Gasteiger partial charge is 0.335 e. The van der Waals surface area contributed by atoms with E-state index in [9.17, 15) is 14.7 Å². The van der Waals surface area contributed by atoms with E-state index in [1.807, 2.05) is 36.4 Å². The van der Waals surface area contributed by atoms with Crippen molar-refractivity contribution in [1.82, 2.24) is 9.13 Å². The summed E-state index contributed by atoms with van der Waals surface area (Å²) in [5, 5.41) is 14.0. The Hall–Kier alpha value is -8.68. The molecule has 0 fully saturated rings. The van der Waals surface area contributed by atoms with Crippen LogP contribution in [0.5, 0.6) is 5.75 Å². The number of hydrogen-bond donors (Lipinski definition) is 1. The van der Waals surface area contributed by atoms with E-state index in [0.29, 0.717) is 12.2 Å². The number of benzene rings is 9. The fourth-order valence-corrected chi connectivity index (χ4v) is 8.97. The molecule has 1 N–H and O–H groups in total. The van der Waals surface area contributed by atoms with Crippen LogP contribution in [-0.2, 0) is 4.79 Å². The Bertz CT molecular complexity index is 3500. The molecule has 7 heteroatoms.